The summed E-state index contributed by atoms with van der Waals surface area (Å²) in [6.07, 6.45) is 3.94. The predicted molar refractivity (Wildman–Crippen MR) is 67.4 cm³/mol. The van der Waals surface area contributed by atoms with E-state index < -0.39 is 0 Å². The van der Waals surface area contributed by atoms with E-state index in [9.17, 15) is 0 Å². The molecule has 2 rings (SSSR count). The van der Waals surface area contributed by atoms with E-state index in [0.717, 1.165) is 18.5 Å². The summed E-state index contributed by atoms with van der Waals surface area (Å²) in [6, 6.07) is 10.4. The van der Waals surface area contributed by atoms with Gasteiger partial charge in [-0.2, -0.15) is 0 Å². The number of hydrogen-bond acceptors (Lipinski definition) is 2. The quantitative estimate of drug-likeness (QED) is 0.806. The van der Waals surface area contributed by atoms with Crippen molar-refractivity contribution in [1.29, 1.82) is 0 Å². The molecular formula is C12H14BrN3. The zero-order valence-corrected chi connectivity index (χ0v) is 10.8. The lowest BCUT2D eigenvalue weighted by Crippen LogP contribution is -1.93. The zero-order valence-electron chi connectivity index (χ0n) is 9.18. The second kappa shape index (κ2) is 5.25. The van der Waals surface area contributed by atoms with Crippen LogP contribution in [0.25, 0.3) is 0 Å². The third kappa shape index (κ3) is 2.92. The molecule has 2 aromatic rings. The summed E-state index contributed by atoms with van der Waals surface area (Å²) >= 11 is 3.70. The van der Waals surface area contributed by atoms with E-state index in [2.05, 4.69) is 50.5 Å². The Labute approximate surface area is 104 Å². The van der Waals surface area contributed by atoms with E-state index in [-0.39, 0.29) is 0 Å². The number of hydrogen-bond donors (Lipinski definition) is 0. The largest absolute Gasteiger partial charge is 0.255 e. The van der Waals surface area contributed by atoms with Gasteiger partial charge in [-0.3, -0.25) is 4.68 Å². The first-order chi connectivity index (χ1) is 7.75. The van der Waals surface area contributed by atoms with Gasteiger partial charge in [-0.25, -0.2) is 0 Å². The lowest BCUT2D eigenvalue weighted by molar-refractivity contribution is 0.711. The van der Waals surface area contributed by atoms with E-state index in [4.69, 9.17) is 0 Å². The predicted octanol–water partition coefficient (Wildman–Crippen LogP) is 2.88. The molecule has 84 valence electrons. The lowest BCUT2D eigenvalue weighted by Gasteiger charge is -2.08. The highest BCUT2D eigenvalue weighted by molar-refractivity contribution is 9.09. The van der Waals surface area contributed by atoms with Gasteiger partial charge in [-0.15, -0.1) is 5.10 Å². The number of aromatic nitrogens is 3. The van der Waals surface area contributed by atoms with Gasteiger partial charge in [0.25, 0.3) is 0 Å². The number of rotatable bonds is 4. The Bertz CT molecular complexity index is 439. The second-order valence-electron chi connectivity index (χ2n) is 3.80. The van der Waals surface area contributed by atoms with Crippen molar-refractivity contribution in [3.05, 3.63) is 47.8 Å². The molecule has 0 bridgehead atoms. The van der Waals surface area contributed by atoms with Gasteiger partial charge in [0, 0.05) is 18.1 Å². The minimum atomic E-state index is 0.385. The van der Waals surface area contributed by atoms with Gasteiger partial charge in [-0.1, -0.05) is 51.5 Å². The summed E-state index contributed by atoms with van der Waals surface area (Å²) in [5.41, 5.74) is 2.36. The maximum Gasteiger partial charge on any atom is 0.0827 e. The number of alkyl halides is 1. The molecule has 0 aliphatic heterocycles. The standard InChI is InChI=1S/C12H14BrN3/c1-16-9-11(14-15-16)7-8-12(13)10-5-3-2-4-6-10/h2-6,9,12H,7-8H2,1H3. The minimum Gasteiger partial charge on any atom is -0.255 e. The fourth-order valence-electron chi connectivity index (χ4n) is 1.61. The Kier molecular flexibility index (Phi) is 3.72. The van der Waals surface area contributed by atoms with Crippen molar-refractivity contribution < 1.29 is 0 Å². The van der Waals surface area contributed by atoms with Crippen LogP contribution in [0.5, 0.6) is 0 Å². The first-order valence-electron chi connectivity index (χ1n) is 5.30. The smallest absolute Gasteiger partial charge is 0.0827 e. The highest BCUT2D eigenvalue weighted by atomic mass is 79.9. The van der Waals surface area contributed by atoms with E-state index in [1.807, 2.05) is 19.3 Å². The molecule has 3 nitrogen and oxygen atoms in total. The molecule has 1 atom stereocenters. The SMILES string of the molecule is Cn1cc(CCC(Br)c2ccccc2)nn1. The summed E-state index contributed by atoms with van der Waals surface area (Å²) in [5.74, 6) is 0. The maximum absolute atomic E-state index is 4.07. The van der Waals surface area contributed by atoms with Crippen molar-refractivity contribution >= 4 is 15.9 Å². The molecule has 0 fully saturated rings. The fourth-order valence-corrected chi connectivity index (χ4v) is 2.15. The van der Waals surface area contributed by atoms with Gasteiger partial charge in [0.05, 0.1) is 5.69 Å². The normalized spacial score (nSPS) is 12.6. The molecule has 0 N–H and O–H groups in total. The molecule has 1 heterocycles. The van der Waals surface area contributed by atoms with Gasteiger partial charge in [0.1, 0.15) is 0 Å². The highest BCUT2D eigenvalue weighted by Crippen LogP contribution is 2.27. The monoisotopic (exact) mass is 279 g/mol. The molecule has 0 saturated heterocycles. The van der Waals surface area contributed by atoms with Crippen LogP contribution in [0.3, 0.4) is 0 Å². The lowest BCUT2D eigenvalue weighted by atomic mass is 10.1. The Morgan fingerprint density at radius 3 is 2.69 bits per heavy atom. The van der Waals surface area contributed by atoms with Gasteiger partial charge < -0.3 is 0 Å². The summed E-state index contributed by atoms with van der Waals surface area (Å²) < 4.78 is 1.74. The van der Waals surface area contributed by atoms with E-state index in [1.54, 1.807) is 4.68 Å². The second-order valence-corrected chi connectivity index (χ2v) is 4.91. The molecule has 0 radical (unpaired) electrons. The van der Waals surface area contributed by atoms with Crippen molar-refractivity contribution in [2.75, 3.05) is 0 Å². The fraction of sp³-hybridized carbons (Fsp3) is 0.333. The average Bonchev–Trinajstić information content (AvgIpc) is 2.73. The number of benzene rings is 1. The summed E-state index contributed by atoms with van der Waals surface area (Å²) in [4.78, 5) is 0.385. The van der Waals surface area contributed by atoms with Crippen LogP contribution in [0.1, 0.15) is 22.5 Å². The van der Waals surface area contributed by atoms with Crippen LogP contribution in [-0.2, 0) is 13.5 Å². The Hall–Kier alpha value is -1.16. The van der Waals surface area contributed by atoms with Crippen LogP contribution in [0.2, 0.25) is 0 Å². The minimum absolute atomic E-state index is 0.385. The molecule has 0 aliphatic carbocycles. The van der Waals surface area contributed by atoms with Crippen LogP contribution >= 0.6 is 15.9 Å². The molecule has 16 heavy (non-hydrogen) atoms. The third-order valence-electron chi connectivity index (χ3n) is 2.47. The van der Waals surface area contributed by atoms with Crippen molar-refractivity contribution in [2.24, 2.45) is 7.05 Å². The van der Waals surface area contributed by atoms with Crippen LogP contribution in [0, 0.1) is 0 Å². The number of halogens is 1. The average molecular weight is 280 g/mol. The molecule has 1 aromatic heterocycles. The van der Waals surface area contributed by atoms with Gasteiger partial charge in [0.2, 0.25) is 0 Å². The van der Waals surface area contributed by atoms with Crippen molar-refractivity contribution in [3.8, 4) is 0 Å². The number of aryl methyl sites for hydroxylation is 2. The van der Waals surface area contributed by atoms with Gasteiger partial charge in [-0.05, 0) is 18.4 Å². The first-order valence-corrected chi connectivity index (χ1v) is 6.21. The first kappa shape index (κ1) is 11.3. The molecule has 4 heteroatoms. The molecular weight excluding hydrogens is 266 g/mol. The molecule has 0 aliphatic rings. The van der Waals surface area contributed by atoms with Crippen LogP contribution in [0.15, 0.2) is 36.5 Å². The summed E-state index contributed by atoms with van der Waals surface area (Å²) in [6.45, 7) is 0. The molecule has 0 saturated carbocycles. The van der Waals surface area contributed by atoms with Crippen LogP contribution in [0.4, 0.5) is 0 Å². The van der Waals surface area contributed by atoms with Crippen molar-refractivity contribution in [2.45, 2.75) is 17.7 Å². The topological polar surface area (TPSA) is 30.7 Å². The van der Waals surface area contributed by atoms with E-state index in [1.165, 1.54) is 5.56 Å². The van der Waals surface area contributed by atoms with Crippen LogP contribution in [-0.4, -0.2) is 15.0 Å². The highest BCUT2D eigenvalue weighted by Gasteiger charge is 2.08. The van der Waals surface area contributed by atoms with E-state index in [0.29, 0.717) is 4.83 Å². The Balaban J connectivity index is 1.91. The van der Waals surface area contributed by atoms with Crippen molar-refractivity contribution in [3.63, 3.8) is 0 Å². The molecule has 0 amide bonds. The van der Waals surface area contributed by atoms with Gasteiger partial charge in [0.15, 0.2) is 0 Å². The molecule has 1 unspecified atom stereocenters. The van der Waals surface area contributed by atoms with Gasteiger partial charge >= 0.3 is 0 Å². The Morgan fingerprint density at radius 2 is 2.06 bits per heavy atom. The molecule has 0 spiro atoms. The summed E-state index contributed by atoms with van der Waals surface area (Å²) in [7, 11) is 1.89. The molecule has 1 aromatic carbocycles. The summed E-state index contributed by atoms with van der Waals surface area (Å²) in [5, 5.41) is 7.99. The van der Waals surface area contributed by atoms with Crippen LogP contribution < -0.4 is 0 Å². The maximum atomic E-state index is 4.07. The Morgan fingerprint density at radius 1 is 1.31 bits per heavy atom. The zero-order chi connectivity index (χ0) is 11.4. The third-order valence-corrected chi connectivity index (χ3v) is 3.45. The van der Waals surface area contributed by atoms with E-state index >= 15 is 0 Å². The van der Waals surface area contributed by atoms with Crippen molar-refractivity contribution in [1.82, 2.24) is 15.0 Å². The number of nitrogens with zero attached hydrogens (tertiary/aromatic N) is 3.